The van der Waals surface area contributed by atoms with E-state index in [4.69, 9.17) is 4.74 Å². The Morgan fingerprint density at radius 3 is 2.92 bits per heavy atom. The van der Waals surface area contributed by atoms with Gasteiger partial charge in [0.25, 0.3) is 0 Å². The molecule has 13 heavy (non-hydrogen) atoms. The van der Waals surface area contributed by atoms with Gasteiger partial charge in [-0.2, -0.15) is 0 Å². The number of aromatic hydroxyl groups is 1. The van der Waals surface area contributed by atoms with Crippen LogP contribution in [0.2, 0.25) is 0 Å². The molecule has 1 N–H and O–H groups in total. The third-order valence-corrected chi connectivity index (χ3v) is 1.47. The second-order valence-electron chi connectivity index (χ2n) is 2.27. The highest BCUT2D eigenvalue weighted by molar-refractivity contribution is 5.74. The van der Waals surface area contributed by atoms with Crippen LogP contribution in [-0.2, 0) is 4.79 Å². The number of hydrogen-bond donors (Lipinski definition) is 1. The van der Waals surface area contributed by atoms with E-state index in [1.165, 1.54) is 13.2 Å². The first-order chi connectivity index (χ1) is 6.27. The Morgan fingerprint density at radius 1 is 1.54 bits per heavy atom. The number of carbonyl (C=O) groups is 1. The Kier molecular flexibility index (Phi) is 2.93. The highest BCUT2D eigenvalue weighted by Gasteiger charge is 1.98. The number of methoxy groups -OCH3 is 1. The molecule has 0 spiro atoms. The van der Waals surface area contributed by atoms with Crippen LogP contribution in [0.4, 0.5) is 0 Å². The SMILES string of the molecule is COc1ccc(O)c(C#CC=O)c1. The summed E-state index contributed by atoms with van der Waals surface area (Å²) in [5, 5.41) is 9.28. The fraction of sp³-hybridized carbons (Fsp3) is 0.100. The van der Waals surface area contributed by atoms with Gasteiger partial charge in [-0.05, 0) is 24.1 Å². The Bertz CT molecular complexity index is 371. The van der Waals surface area contributed by atoms with Crippen LogP contribution in [0.5, 0.6) is 11.5 Å². The van der Waals surface area contributed by atoms with E-state index in [0.717, 1.165) is 0 Å². The molecule has 0 heterocycles. The number of benzene rings is 1. The maximum absolute atomic E-state index is 9.96. The summed E-state index contributed by atoms with van der Waals surface area (Å²) in [5.41, 5.74) is 0.381. The van der Waals surface area contributed by atoms with Gasteiger partial charge < -0.3 is 9.84 Å². The molecule has 66 valence electrons. The van der Waals surface area contributed by atoms with Gasteiger partial charge in [0.2, 0.25) is 0 Å². The lowest BCUT2D eigenvalue weighted by Crippen LogP contribution is -1.84. The van der Waals surface area contributed by atoms with Crippen molar-refractivity contribution in [1.82, 2.24) is 0 Å². The lowest BCUT2D eigenvalue weighted by Gasteiger charge is -2.00. The standard InChI is InChI=1S/C10H8O3/c1-13-9-4-5-10(12)8(7-9)3-2-6-11/h4-7,12H,1H3. The van der Waals surface area contributed by atoms with Crippen molar-refractivity contribution in [3.63, 3.8) is 0 Å². The Hall–Kier alpha value is -1.95. The molecule has 1 aromatic carbocycles. The van der Waals surface area contributed by atoms with Crippen molar-refractivity contribution in [3.05, 3.63) is 23.8 Å². The fourth-order valence-corrected chi connectivity index (χ4v) is 0.849. The van der Waals surface area contributed by atoms with Crippen LogP contribution < -0.4 is 4.74 Å². The summed E-state index contributed by atoms with van der Waals surface area (Å²) in [4.78, 5) is 9.96. The van der Waals surface area contributed by atoms with Gasteiger partial charge in [0.1, 0.15) is 11.5 Å². The molecule has 0 radical (unpaired) electrons. The molecule has 0 atom stereocenters. The second kappa shape index (κ2) is 4.17. The maximum atomic E-state index is 9.96. The number of carbonyl (C=O) groups excluding carboxylic acids is 1. The van der Waals surface area contributed by atoms with Gasteiger partial charge in [0, 0.05) is 0 Å². The molecule has 0 aliphatic rings. The van der Waals surface area contributed by atoms with Gasteiger partial charge in [-0.1, -0.05) is 5.92 Å². The molecule has 0 bridgehead atoms. The van der Waals surface area contributed by atoms with E-state index >= 15 is 0 Å². The van der Waals surface area contributed by atoms with E-state index in [0.29, 0.717) is 17.6 Å². The van der Waals surface area contributed by atoms with E-state index in [9.17, 15) is 9.90 Å². The summed E-state index contributed by atoms with van der Waals surface area (Å²) in [6.45, 7) is 0. The average molecular weight is 176 g/mol. The number of rotatable bonds is 1. The smallest absolute Gasteiger partial charge is 0.193 e. The number of phenolic OH excluding ortho intramolecular Hbond substituents is 1. The summed E-state index contributed by atoms with van der Waals surface area (Å²) in [5.74, 6) is 5.33. The van der Waals surface area contributed by atoms with E-state index < -0.39 is 0 Å². The minimum Gasteiger partial charge on any atom is -0.507 e. The van der Waals surface area contributed by atoms with E-state index in [2.05, 4.69) is 11.8 Å². The third-order valence-electron chi connectivity index (χ3n) is 1.47. The quantitative estimate of drug-likeness (QED) is 0.512. The van der Waals surface area contributed by atoms with Crippen LogP contribution in [-0.4, -0.2) is 18.5 Å². The minimum absolute atomic E-state index is 0.0372. The van der Waals surface area contributed by atoms with E-state index in [1.54, 1.807) is 12.1 Å². The minimum atomic E-state index is 0.0372. The summed E-state index contributed by atoms with van der Waals surface area (Å²) >= 11 is 0. The van der Waals surface area contributed by atoms with Gasteiger partial charge >= 0.3 is 0 Å². The van der Waals surface area contributed by atoms with Crippen molar-refractivity contribution in [2.75, 3.05) is 7.11 Å². The molecular formula is C10H8O3. The number of phenols is 1. The van der Waals surface area contributed by atoms with Crippen LogP contribution in [0.25, 0.3) is 0 Å². The van der Waals surface area contributed by atoms with Crippen LogP contribution in [0.3, 0.4) is 0 Å². The molecule has 0 amide bonds. The van der Waals surface area contributed by atoms with E-state index in [-0.39, 0.29) is 5.75 Å². The molecule has 0 unspecified atom stereocenters. The molecule has 0 aromatic heterocycles. The topological polar surface area (TPSA) is 46.5 Å². The van der Waals surface area contributed by atoms with Gasteiger partial charge in [0.05, 0.1) is 12.7 Å². The number of ether oxygens (including phenoxy) is 1. The molecule has 1 rings (SSSR count). The predicted octanol–water partition coefficient (Wildman–Crippen LogP) is 0.951. The first-order valence-corrected chi connectivity index (χ1v) is 3.60. The van der Waals surface area contributed by atoms with Crippen molar-refractivity contribution in [2.45, 2.75) is 0 Å². The summed E-state index contributed by atoms with van der Waals surface area (Å²) < 4.78 is 4.92. The first-order valence-electron chi connectivity index (χ1n) is 3.60. The highest BCUT2D eigenvalue weighted by Crippen LogP contribution is 2.21. The largest absolute Gasteiger partial charge is 0.507 e. The van der Waals surface area contributed by atoms with Gasteiger partial charge in [0.15, 0.2) is 6.29 Å². The summed E-state index contributed by atoms with van der Waals surface area (Å²) in [6, 6.07) is 4.64. The molecule has 0 saturated heterocycles. The third kappa shape index (κ3) is 2.24. The lowest BCUT2D eigenvalue weighted by molar-refractivity contribution is -0.103. The zero-order valence-corrected chi connectivity index (χ0v) is 7.07. The zero-order chi connectivity index (χ0) is 9.68. The maximum Gasteiger partial charge on any atom is 0.193 e. The first kappa shape index (κ1) is 9.14. The molecule has 0 aliphatic carbocycles. The van der Waals surface area contributed by atoms with Crippen molar-refractivity contribution < 1.29 is 14.6 Å². The van der Waals surface area contributed by atoms with Crippen LogP contribution in [0, 0.1) is 11.8 Å². The van der Waals surface area contributed by atoms with Crippen molar-refractivity contribution in [1.29, 1.82) is 0 Å². The molecule has 3 heteroatoms. The summed E-state index contributed by atoms with van der Waals surface area (Å²) in [7, 11) is 1.52. The molecule has 0 saturated carbocycles. The Morgan fingerprint density at radius 2 is 2.31 bits per heavy atom. The van der Waals surface area contributed by atoms with E-state index in [1.807, 2.05) is 0 Å². The monoisotopic (exact) mass is 176 g/mol. The van der Waals surface area contributed by atoms with Crippen LogP contribution in [0.1, 0.15) is 5.56 Å². The molecule has 0 fully saturated rings. The van der Waals surface area contributed by atoms with Gasteiger partial charge in [-0.15, -0.1) is 0 Å². The molecule has 3 nitrogen and oxygen atoms in total. The van der Waals surface area contributed by atoms with Crippen molar-refractivity contribution in [3.8, 4) is 23.3 Å². The van der Waals surface area contributed by atoms with Crippen LogP contribution >= 0.6 is 0 Å². The van der Waals surface area contributed by atoms with Crippen LogP contribution in [0.15, 0.2) is 18.2 Å². The predicted molar refractivity (Wildman–Crippen MR) is 47.6 cm³/mol. The lowest BCUT2D eigenvalue weighted by atomic mass is 10.2. The van der Waals surface area contributed by atoms with Crippen molar-refractivity contribution in [2.24, 2.45) is 0 Å². The Balaban J connectivity index is 3.10. The molecule has 1 aromatic rings. The Labute approximate surface area is 76.0 Å². The normalized spacial score (nSPS) is 8.38. The molecular weight excluding hydrogens is 168 g/mol. The zero-order valence-electron chi connectivity index (χ0n) is 7.07. The van der Waals surface area contributed by atoms with Gasteiger partial charge in [-0.3, -0.25) is 4.79 Å². The second-order valence-corrected chi connectivity index (χ2v) is 2.27. The fourth-order valence-electron chi connectivity index (χ4n) is 0.849. The average Bonchev–Trinajstić information content (AvgIpc) is 2.17. The van der Waals surface area contributed by atoms with Crippen molar-refractivity contribution >= 4 is 6.29 Å². The number of aldehydes is 1. The van der Waals surface area contributed by atoms with Gasteiger partial charge in [-0.25, -0.2) is 0 Å². The summed E-state index contributed by atoms with van der Waals surface area (Å²) in [6.07, 6.45) is 0.471. The number of hydrogen-bond acceptors (Lipinski definition) is 3. The highest BCUT2D eigenvalue weighted by atomic mass is 16.5. The molecule has 0 aliphatic heterocycles.